The molecule has 83 heavy (non-hydrogen) atoms. The Labute approximate surface area is 507 Å². The first-order valence-electron chi connectivity index (χ1n) is 29.3. The number of nitrogens with zero attached hydrogens (tertiary/aromatic N) is 4. The standard InChI is InChI=1S/C76H71N4OSi.Pt/c1-73(2,3)50-36-37-77-69(43-50)80-63-32-23-35-67-70(63)71-64(80)45-56(46-68(71)82(67)65-33-20-16-28-57(65)58-29-17-21-34-66(58)82)81-55-27-22-26-54(44-55)78-47-79(62-31-19-18-30-61(62)78)72-59(48-24-14-13-15-25-48)41-53(76(10,11)12)42-60(72)49-38-51(74(4,5)6)40-52(39-49)75(7,8)9;/h13-34,36-43,46-47,67H,35H2,1-12H3;/q-3;. The number of allylic oxidation sites excluding steroid dienone is 1. The number of fused-ring (bicyclic) bond motifs is 8. The Morgan fingerprint density at radius 3 is 1.73 bits per heavy atom. The summed E-state index contributed by atoms with van der Waals surface area (Å²) in [7, 11) is -2.71. The molecule has 0 saturated heterocycles. The van der Waals surface area contributed by atoms with E-state index in [1.807, 2.05) is 12.3 Å². The van der Waals surface area contributed by atoms with Crippen LogP contribution in [0.4, 0.5) is 22.7 Å². The molecule has 2 aromatic heterocycles. The summed E-state index contributed by atoms with van der Waals surface area (Å²) in [6, 6.07) is 71.2. The van der Waals surface area contributed by atoms with Gasteiger partial charge in [-0.3, -0.25) is 0 Å². The van der Waals surface area contributed by atoms with Crippen molar-refractivity contribution in [3.8, 4) is 50.7 Å². The Kier molecular flexibility index (Phi) is 12.9. The van der Waals surface area contributed by atoms with Crippen molar-refractivity contribution in [3.05, 3.63) is 234 Å². The van der Waals surface area contributed by atoms with Crippen LogP contribution in [0, 0.1) is 18.8 Å². The second-order valence-electron chi connectivity index (χ2n) is 27.3. The molecule has 0 saturated carbocycles. The Bertz CT molecular complexity index is 4200. The summed E-state index contributed by atoms with van der Waals surface area (Å²) in [5.41, 5.74) is 20.4. The molecule has 14 rings (SSSR count). The van der Waals surface area contributed by atoms with E-state index in [0.29, 0.717) is 17.0 Å². The predicted molar refractivity (Wildman–Crippen MR) is 345 cm³/mol. The monoisotopic (exact) mass is 1280 g/mol. The number of pyridine rings is 1. The van der Waals surface area contributed by atoms with Crippen molar-refractivity contribution in [2.45, 2.75) is 117 Å². The molecule has 0 fully saturated rings. The minimum atomic E-state index is -2.71. The number of hydrogen-bond acceptors (Lipinski definition) is 4. The molecule has 1 aliphatic carbocycles. The van der Waals surface area contributed by atoms with Crippen molar-refractivity contribution in [1.29, 1.82) is 0 Å². The SMILES string of the molecule is CC(C)(C)c1cc(-c2cc(C(C)(C)C)cc(-c3ccccc3)c2N2[CH-]N(c3[c-]c(Oc4[c-]c5c6c(c4)[Si]4(c7ccccc7-c7ccccc74)C4CC=Cc(c64)n5-c4cc(C(C)(C)C)ccn4)ccc3)c3ccccc32)cc(C(C)(C)C)c1.[Pt]. The summed E-state index contributed by atoms with van der Waals surface area (Å²) in [6.45, 7) is 30.0. The molecule has 0 radical (unpaired) electrons. The molecule has 0 bridgehead atoms. The van der Waals surface area contributed by atoms with E-state index in [2.05, 4.69) is 292 Å². The van der Waals surface area contributed by atoms with Gasteiger partial charge in [-0.25, -0.2) is 4.98 Å². The van der Waals surface area contributed by atoms with Gasteiger partial charge in [0.25, 0.3) is 0 Å². The zero-order chi connectivity index (χ0) is 56.8. The summed E-state index contributed by atoms with van der Waals surface area (Å²) in [6.07, 6.45) is 7.70. The molecular weight excluding hydrogens is 1210 g/mol. The topological polar surface area (TPSA) is 33.5 Å². The summed E-state index contributed by atoms with van der Waals surface area (Å²) in [5.74, 6) is 2.20. The van der Waals surface area contributed by atoms with E-state index in [-0.39, 0.29) is 42.7 Å². The van der Waals surface area contributed by atoms with E-state index >= 15 is 0 Å². The third kappa shape index (κ3) is 8.75. The van der Waals surface area contributed by atoms with Crippen LogP contribution in [0.1, 0.15) is 129 Å². The smallest absolute Gasteiger partial charge is 0.135 e. The Morgan fingerprint density at radius 1 is 0.518 bits per heavy atom. The fourth-order valence-corrected chi connectivity index (χ4v) is 19.9. The average molecular weight is 1280 g/mol. The van der Waals surface area contributed by atoms with Crippen molar-refractivity contribution in [2.75, 3.05) is 9.80 Å². The van der Waals surface area contributed by atoms with Gasteiger partial charge < -0.3 is 19.1 Å². The van der Waals surface area contributed by atoms with E-state index in [0.717, 1.165) is 40.5 Å². The third-order valence-corrected chi connectivity index (χ3v) is 23.3. The van der Waals surface area contributed by atoms with Gasteiger partial charge in [-0.05, 0) is 131 Å². The van der Waals surface area contributed by atoms with Crippen molar-refractivity contribution in [1.82, 2.24) is 9.55 Å². The van der Waals surface area contributed by atoms with Gasteiger partial charge in [0.1, 0.15) is 13.9 Å². The molecule has 3 aliphatic heterocycles. The molecule has 418 valence electrons. The summed E-state index contributed by atoms with van der Waals surface area (Å²) in [4.78, 5) is 9.83. The molecule has 1 spiro atoms. The molecule has 5 nitrogen and oxygen atoms in total. The van der Waals surface area contributed by atoms with Gasteiger partial charge in [-0.1, -0.05) is 209 Å². The number of para-hydroxylation sites is 2. The molecule has 0 N–H and O–H groups in total. The summed E-state index contributed by atoms with van der Waals surface area (Å²) >= 11 is 0. The van der Waals surface area contributed by atoms with Crippen LogP contribution < -0.4 is 30.1 Å². The first-order chi connectivity index (χ1) is 39.2. The molecule has 7 heteroatoms. The fraction of sp³-hybridized carbons (Fsp3) is 0.237. The van der Waals surface area contributed by atoms with Crippen molar-refractivity contribution in [3.63, 3.8) is 0 Å². The third-order valence-electron chi connectivity index (χ3n) is 18.0. The molecular formula is C76H71N4OPtSi-3. The van der Waals surface area contributed by atoms with E-state index in [1.165, 1.54) is 87.8 Å². The minimum absolute atomic E-state index is 0. The Balaban J connectivity index is 0.00000645. The van der Waals surface area contributed by atoms with E-state index in [1.54, 1.807) is 0 Å². The second-order valence-corrected chi connectivity index (χ2v) is 31.3. The maximum atomic E-state index is 7.28. The molecule has 5 heterocycles. The van der Waals surface area contributed by atoms with Crippen LogP contribution in [0.25, 0.3) is 56.2 Å². The van der Waals surface area contributed by atoms with Gasteiger partial charge in [0.05, 0.1) is 0 Å². The summed E-state index contributed by atoms with van der Waals surface area (Å²) in [5, 5.41) is 5.67. The van der Waals surface area contributed by atoms with Crippen LogP contribution >= 0.6 is 0 Å². The minimum Gasteiger partial charge on any atom is -0.509 e. The molecule has 4 aliphatic rings. The maximum Gasteiger partial charge on any atom is 0.135 e. The number of anilines is 4. The van der Waals surface area contributed by atoms with Gasteiger partial charge in [0.15, 0.2) is 0 Å². The van der Waals surface area contributed by atoms with E-state index < -0.39 is 8.07 Å². The van der Waals surface area contributed by atoms with Gasteiger partial charge in [-0.15, -0.1) is 53.3 Å². The van der Waals surface area contributed by atoms with Crippen LogP contribution in [0.5, 0.6) is 11.5 Å². The van der Waals surface area contributed by atoms with Crippen LogP contribution in [0.3, 0.4) is 0 Å². The predicted octanol–water partition coefficient (Wildman–Crippen LogP) is 17.9. The molecule has 1 unspecified atom stereocenters. The number of hydrogen-bond donors (Lipinski definition) is 0. The number of aromatic nitrogens is 2. The van der Waals surface area contributed by atoms with Crippen LogP contribution in [-0.4, -0.2) is 17.6 Å². The first kappa shape index (κ1) is 54.7. The largest absolute Gasteiger partial charge is 0.509 e. The average Bonchev–Trinajstić information content (AvgIpc) is 1.68. The zero-order valence-corrected chi connectivity index (χ0v) is 53.0. The van der Waals surface area contributed by atoms with E-state index in [9.17, 15) is 0 Å². The molecule has 0 amide bonds. The molecule has 1 atom stereocenters. The van der Waals surface area contributed by atoms with Crippen LogP contribution in [0.2, 0.25) is 0 Å². The van der Waals surface area contributed by atoms with Gasteiger partial charge in [0, 0.05) is 72.6 Å². The second kappa shape index (κ2) is 19.5. The maximum absolute atomic E-state index is 7.28. The quantitative estimate of drug-likeness (QED) is 0.118. The fourth-order valence-electron chi connectivity index (χ4n) is 13.7. The normalized spacial score (nSPS) is 15.6. The van der Waals surface area contributed by atoms with Crippen molar-refractivity contribution < 1.29 is 25.8 Å². The number of benzene rings is 8. The van der Waals surface area contributed by atoms with Crippen LogP contribution in [-0.2, 0) is 42.7 Å². The zero-order valence-electron chi connectivity index (χ0n) is 49.8. The Morgan fingerprint density at radius 2 is 1.10 bits per heavy atom. The van der Waals surface area contributed by atoms with Crippen LogP contribution in [0.15, 0.2) is 182 Å². The van der Waals surface area contributed by atoms with Gasteiger partial charge >= 0.3 is 0 Å². The first-order valence-corrected chi connectivity index (χ1v) is 31.4. The van der Waals surface area contributed by atoms with E-state index in [4.69, 9.17) is 9.72 Å². The molecule has 10 aromatic rings. The van der Waals surface area contributed by atoms with Gasteiger partial charge in [-0.2, -0.15) is 6.07 Å². The number of rotatable bonds is 7. The molecule has 8 aromatic carbocycles. The van der Waals surface area contributed by atoms with Gasteiger partial charge in [0.2, 0.25) is 0 Å². The van der Waals surface area contributed by atoms with Crippen molar-refractivity contribution >= 4 is 63.4 Å². The number of ether oxygens (including phenoxy) is 1. The Hall–Kier alpha value is -7.50. The van der Waals surface area contributed by atoms with Crippen molar-refractivity contribution in [2.24, 2.45) is 0 Å². The summed E-state index contributed by atoms with van der Waals surface area (Å²) < 4.78 is 9.64.